The van der Waals surface area contributed by atoms with E-state index in [4.69, 9.17) is 4.74 Å². The van der Waals surface area contributed by atoms with Crippen LogP contribution in [0.1, 0.15) is 43.5 Å². The highest BCUT2D eigenvalue weighted by atomic mass is 35.5. The zero-order valence-electron chi connectivity index (χ0n) is 20.5. The molecule has 5 heteroatoms. The largest absolute Gasteiger partial charge is 0.497 e. The molecule has 0 amide bonds. The second-order valence-electron chi connectivity index (χ2n) is 9.25. The molecule has 0 radical (unpaired) electrons. The molecular weight excluding hydrogens is 458 g/mol. The molecule has 0 aromatic heterocycles. The van der Waals surface area contributed by atoms with E-state index in [0.29, 0.717) is 0 Å². The van der Waals surface area contributed by atoms with E-state index in [1.165, 1.54) is 21.9 Å². The Kier molecular flexibility index (Phi) is 8.21. The highest BCUT2D eigenvalue weighted by Crippen LogP contribution is 2.33. The van der Waals surface area contributed by atoms with E-state index in [9.17, 15) is 9.90 Å². The molecule has 0 aliphatic rings. The predicted molar refractivity (Wildman–Crippen MR) is 146 cm³/mol. The molecule has 4 aromatic rings. The van der Waals surface area contributed by atoms with Gasteiger partial charge in [-0.1, -0.05) is 60.7 Å². The molecule has 0 unspecified atom stereocenters. The predicted octanol–water partition coefficient (Wildman–Crippen LogP) is 7.15. The van der Waals surface area contributed by atoms with E-state index < -0.39 is 11.4 Å². The van der Waals surface area contributed by atoms with Gasteiger partial charge < -0.3 is 15.2 Å². The number of carbonyl (C=O) groups is 1. The molecule has 0 heterocycles. The molecule has 4 nitrogen and oxygen atoms in total. The van der Waals surface area contributed by atoms with Gasteiger partial charge in [-0.2, -0.15) is 0 Å². The number of ether oxygens (including phenoxy) is 1. The summed E-state index contributed by atoms with van der Waals surface area (Å²) in [6, 6.07) is 29.0. The van der Waals surface area contributed by atoms with Crippen LogP contribution in [0, 0.1) is 0 Å². The van der Waals surface area contributed by atoms with Gasteiger partial charge in [0.05, 0.1) is 12.5 Å². The van der Waals surface area contributed by atoms with Crippen molar-refractivity contribution < 1.29 is 14.6 Å². The van der Waals surface area contributed by atoms with E-state index in [0.717, 1.165) is 29.0 Å². The Morgan fingerprint density at radius 1 is 0.971 bits per heavy atom. The maximum atomic E-state index is 11.6. The first-order valence-corrected chi connectivity index (χ1v) is 11.5. The van der Waals surface area contributed by atoms with Crippen LogP contribution in [0.15, 0.2) is 84.9 Å². The SMILES string of the molecule is COc1cccc([C@@H](C)NCc2cc(-c3ccc(C(C)(C)C(=O)O)cc3)c3ccccc3c2)c1.Cl. The summed E-state index contributed by atoms with van der Waals surface area (Å²) in [5.41, 5.74) is 4.45. The lowest BCUT2D eigenvalue weighted by Gasteiger charge is -2.20. The van der Waals surface area contributed by atoms with E-state index in [-0.39, 0.29) is 18.4 Å². The molecule has 0 aliphatic heterocycles. The van der Waals surface area contributed by atoms with Crippen LogP contribution < -0.4 is 10.1 Å². The first-order chi connectivity index (χ1) is 16.3. The van der Waals surface area contributed by atoms with Crippen molar-refractivity contribution in [1.29, 1.82) is 0 Å². The fourth-order valence-electron chi connectivity index (χ4n) is 4.20. The average molecular weight is 490 g/mol. The smallest absolute Gasteiger partial charge is 0.313 e. The van der Waals surface area contributed by atoms with E-state index in [1.807, 2.05) is 36.4 Å². The monoisotopic (exact) mass is 489 g/mol. The van der Waals surface area contributed by atoms with Crippen molar-refractivity contribution in [3.8, 4) is 16.9 Å². The Hall–Kier alpha value is -3.34. The highest BCUT2D eigenvalue weighted by Gasteiger charge is 2.29. The first kappa shape index (κ1) is 26.3. The minimum atomic E-state index is -0.928. The molecule has 0 spiro atoms. The van der Waals surface area contributed by atoms with Crippen LogP contribution in [-0.4, -0.2) is 18.2 Å². The third kappa shape index (κ3) is 5.67. The summed E-state index contributed by atoms with van der Waals surface area (Å²) in [6.07, 6.45) is 0. The zero-order chi connectivity index (χ0) is 24.3. The van der Waals surface area contributed by atoms with Crippen molar-refractivity contribution in [1.82, 2.24) is 5.32 Å². The molecular formula is C30H32ClNO3. The van der Waals surface area contributed by atoms with E-state index in [1.54, 1.807) is 21.0 Å². The van der Waals surface area contributed by atoms with Crippen LogP contribution in [-0.2, 0) is 16.8 Å². The zero-order valence-corrected chi connectivity index (χ0v) is 21.4. The van der Waals surface area contributed by atoms with Crippen LogP contribution in [0.25, 0.3) is 21.9 Å². The highest BCUT2D eigenvalue weighted by molar-refractivity contribution is 5.97. The number of nitrogens with one attached hydrogen (secondary N) is 1. The van der Waals surface area contributed by atoms with Crippen molar-refractivity contribution in [3.05, 3.63) is 102 Å². The minimum absolute atomic E-state index is 0. The number of methoxy groups -OCH3 is 1. The fourth-order valence-corrected chi connectivity index (χ4v) is 4.20. The number of halogens is 1. The molecule has 35 heavy (non-hydrogen) atoms. The Bertz CT molecular complexity index is 1310. The van der Waals surface area contributed by atoms with Gasteiger partial charge in [-0.3, -0.25) is 4.79 Å². The lowest BCUT2D eigenvalue weighted by molar-refractivity contribution is -0.142. The van der Waals surface area contributed by atoms with Crippen molar-refractivity contribution >= 4 is 29.1 Å². The Morgan fingerprint density at radius 2 is 1.69 bits per heavy atom. The summed E-state index contributed by atoms with van der Waals surface area (Å²) in [7, 11) is 1.68. The van der Waals surface area contributed by atoms with Crippen LogP contribution in [0.2, 0.25) is 0 Å². The van der Waals surface area contributed by atoms with Crippen LogP contribution in [0.3, 0.4) is 0 Å². The number of hydrogen-bond donors (Lipinski definition) is 2. The van der Waals surface area contributed by atoms with Gasteiger partial charge in [-0.05, 0) is 83.6 Å². The van der Waals surface area contributed by atoms with Gasteiger partial charge in [0, 0.05) is 12.6 Å². The van der Waals surface area contributed by atoms with Crippen molar-refractivity contribution in [2.45, 2.75) is 38.8 Å². The third-order valence-corrected chi connectivity index (χ3v) is 6.58. The number of carboxylic acids is 1. The number of aliphatic carboxylic acids is 1. The molecule has 1 atom stereocenters. The molecule has 2 N–H and O–H groups in total. The van der Waals surface area contributed by atoms with Crippen molar-refractivity contribution in [2.24, 2.45) is 0 Å². The van der Waals surface area contributed by atoms with Gasteiger partial charge in [0.2, 0.25) is 0 Å². The number of carboxylic acid groups (broad SMARTS) is 1. The number of fused-ring (bicyclic) bond motifs is 1. The fraction of sp³-hybridized carbons (Fsp3) is 0.233. The summed E-state index contributed by atoms with van der Waals surface area (Å²) in [6.45, 7) is 6.34. The molecule has 4 aromatic carbocycles. The minimum Gasteiger partial charge on any atom is -0.497 e. The lowest BCUT2D eigenvalue weighted by Crippen LogP contribution is -2.28. The van der Waals surface area contributed by atoms with Gasteiger partial charge in [0.25, 0.3) is 0 Å². The molecule has 182 valence electrons. The lowest BCUT2D eigenvalue weighted by atomic mass is 9.84. The molecule has 0 bridgehead atoms. The van der Waals surface area contributed by atoms with E-state index in [2.05, 4.69) is 60.8 Å². The quantitative estimate of drug-likeness (QED) is 0.276. The van der Waals surface area contributed by atoms with Gasteiger partial charge in [0.1, 0.15) is 5.75 Å². The Balaban J connectivity index is 0.00000342. The maximum absolute atomic E-state index is 11.6. The van der Waals surface area contributed by atoms with Crippen molar-refractivity contribution in [3.63, 3.8) is 0 Å². The Labute approximate surface area is 213 Å². The van der Waals surface area contributed by atoms with E-state index >= 15 is 0 Å². The topological polar surface area (TPSA) is 58.6 Å². The number of benzene rings is 4. The van der Waals surface area contributed by atoms with Gasteiger partial charge in [-0.15, -0.1) is 12.4 Å². The Morgan fingerprint density at radius 3 is 2.37 bits per heavy atom. The van der Waals surface area contributed by atoms with Crippen LogP contribution in [0.4, 0.5) is 0 Å². The van der Waals surface area contributed by atoms with Crippen LogP contribution >= 0.6 is 12.4 Å². The number of hydrogen-bond acceptors (Lipinski definition) is 3. The summed E-state index contributed by atoms with van der Waals surface area (Å²) < 4.78 is 5.36. The summed E-state index contributed by atoms with van der Waals surface area (Å²) >= 11 is 0. The molecule has 0 aliphatic carbocycles. The third-order valence-electron chi connectivity index (χ3n) is 6.58. The van der Waals surface area contributed by atoms with Gasteiger partial charge in [0.15, 0.2) is 0 Å². The molecule has 0 fully saturated rings. The van der Waals surface area contributed by atoms with Gasteiger partial charge in [-0.25, -0.2) is 0 Å². The molecule has 0 saturated carbocycles. The normalized spacial score (nSPS) is 12.1. The second-order valence-corrected chi connectivity index (χ2v) is 9.25. The standard InChI is InChI=1S/C30H31NO3.ClH/c1-20(23-9-7-10-26(18-23)34-4)31-19-21-16-24-8-5-6-11-27(24)28(17-21)22-12-14-25(15-13-22)30(2,3)29(32)33;/h5-18,20,31H,19H2,1-4H3,(H,32,33);1H/t20-;/m1./s1. The average Bonchev–Trinajstić information content (AvgIpc) is 2.86. The summed E-state index contributed by atoms with van der Waals surface area (Å²) in [4.78, 5) is 11.6. The summed E-state index contributed by atoms with van der Waals surface area (Å²) in [5, 5.41) is 15.6. The second kappa shape index (κ2) is 10.9. The maximum Gasteiger partial charge on any atom is 0.313 e. The molecule has 0 saturated heterocycles. The van der Waals surface area contributed by atoms with Gasteiger partial charge >= 0.3 is 5.97 Å². The first-order valence-electron chi connectivity index (χ1n) is 11.5. The van der Waals surface area contributed by atoms with Crippen LogP contribution in [0.5, 0.6) is 5.75 Å². The number of rotatable bonds is 8. The summed E-state index contributed by atoms with van der Waals surface area (Å²) in [5.74, 6) is 0.0255. The van der Waals surface area contributed by atoms with Crippen molar-refractivity contribution in [2.75, 3.05) is 7.11 Å². The molecule has 4 rings (SSSR count).